The van der Waals surface area contributed by atoms with Crippen LogP contribution in [-0.4, -0.2) is 41.6 Å². The highest BCUT2D eigenvalue weighted by molar-refractivity contribution is 7.09. The number of carbonyl (C=O) groups excluding carboxylic acids is 1. The largest absolute Gasteiger partial charge is 0.382 e. The van der Waals surface area contributed by atoms with Crippen LogP contribution in [0.25, 0.3) is 11.3 Å². The van der Waals surface area contributed by atoms with E-state index in [-0.39, 0.29) is 6.03 Å². The number of amides is 2. The minimum Gasteiger partial charge on any atom is -0.382 e. The van der Waals surface area contributed by atoms with Crippen molar-refractivity contribution < 1.29 is 4.79 Å². The minimum atomic E-state index is 0.0526. The first-order valence-corrected chi connectivity index (χ1v) is 9.35. The van der Waals surface area contributed by atoms with Crippen LogP contribution in [-0.2, 0) is 0 Å². The quantitative estimate of drug-likeness (QED) is 0.889. The van der Waals surface area contributed by atoms with E-state index in [2.05, 4.69) is 45.3 Å². The average molecular weight is 344 g/mol. The first kappa shape index (κ1) is 16.8. The molecule has 1 aliphatic rings. The van der Waals surface area contributed by atoms with Crippen molar-refractivity contribution in [1.82, 2.24) is 15.2 Å². The van der Waals surface area contributed by atoms with Crippen LogP contribution in [0.4, 0.5) is 10.5 Å². The molecule has 5 nitrogen and oxygen atoms in total. The summed E-state index contributed by atoms with van der Waals surface area (Å²) in [6.45, 7) is 6.25. The molecule has 1 aromatic heterocycles. The van der Waals surface area contributed by atoms with E-state index in [1.165, 1.54) is 0 Å². The first-order valence-electron chi connectivity index (χ1n) is 8.47. The van der Waals surface area contributed by atoms with Gasteiger partial charge in [0.1, 0.15) is 0 Å². The summed E-state index contributed by atoms with van der Waals surface area (Å²) in [5, 5.41) is 9.66. The van der Waals surface area contributed by atoms with Crippen LogP contribution in [0.5, 0.6) is 0 Å². The summed E-state index contributed by atoms with van der Waals surface area (Å²) in [7, 11) is 0. The molecule has 1 saturated heterocycles. The van der Waals surface area contributed by atoms with Crippen molar-refractivity contribution in [2.45, 2.75) is 32.7 Å². The van der Waals surface area contributed by atoms with Gasteiger partial charge in [0.25, 0.3) is 0 Å². The van der Waals surface area contributed by atoms with E-state index in [9.17, 15) is 4.79 Å². The zero-order chi connectivity index (χ0) is 16.9. The Kier molecular flexibility index (Phi) is 5.35. The van der Waals surface area contributed by atoms with E-state index in [0.29, 0.717) is 12.6 Å². The van der Waals surface area contributed by atoms with Crippen molar-refractivity contribution in [3.63, 3.8) is 0 Å². The van der Waals surface area contributed by atoms with Gasteiger partial charge in [-0.15, -0.1) is 11.3 Å². The maximum absolute atomic E-state index is 11.9. The molecule has 2 aromatic rings. The lowest BCUT2D eigenvalue weighted by molar-refractivity contribution is 0.184. The second-order valence-electron chi connectivity index (χ2n) is 6.07. The number of aryl methyl sites for hydroxylation is 1. The van der Waals surface area contributed by atoms with Crippen molar-refractivity contribution in [2.24, 2.45) is 0 Å². The molecular formula is C18H24N4OS. The fraction of sp³-hybridized carbons (Fsp3) is 0.444. The molecule has 6 heteroatoms. The first-order chi connectivity index (χ1) is 11.7. The third kappa shape index (κ3) is 4.06. The van der Waals surface area contributed by atoms with E-state index < -0.39 is 0 Å². The molecule has 1 aliphatic heterocycles. The van der Waals surface area contributed by atoms with Crippen molar-refractivity contribution >= 4 is 23.1 Å². The van der Waals surface area contributed by atoms with Crippen molar-refractivity contribution in [3.05, 3.63) is 34.7 Å². The molecule has 1 fully saturated rings. The van der Waals surface area contributed by atoms with Gasteiger partial charge in [-0.3, -0.25) is 0 Å². The highest BCUT2D eigenvalue weighted by atomic mass is 32.1. The van der Waals surface area contributed by atoms with Gasteiger partial charge in [-0.1, -0.05) is 12.1 Å². The summed E-state index contributed by atoms with van der Waals surface area (Å²) in [5.41, 5.74) is 3.30. The van der Waals surface area contributed by atoms with Gasteiger partial charge in [-0.2, -0.15) is 0 Å². The Morgan fingerprint density at radius 3 is 2.83 bits per heavy atom. The van der Waals surface area contributed by atoms with Gasteiger partial charge < -0.3 is 15.5 Å². The fourth-order valence-corrected chi connectivity index (χ4v) is 3.61. The predicted molar refractivity (Wildman–Crippen MR) is 99.6 cm³/mol. The monoisotopic (exact) mass is 344 g/mol. The van der Waals surface area contributed by atoms with Crippen molar-refractivity contribution in [1.29, 1.82) is 0 Å². The average Bonchev–Trinajstić information content (AvgIpc) is 3.03. The van der Waals surface area contributed by atoms with Gasteiger partial charge >= 0.3 is 6.03 Å². The van der Waals surface area contributed by atoms with Crippen LogP contribution in [0.3, 0.4) is 0 Å². The molecule has 0 aliphatic carbocycles. The van der Waals surface area contributed by atoms with Crippen LogP contribution < -0.4 is 10.6 Å². The third-order valence-electron chi connectivity index (χ3n) is 4.26. The Morgan fingerprint density at radius 1 is 1.38 bits per heavy atom. The van der Waals surface area contributed by atoms with Gasteiger partial charge in [0.2, 0.25) is 0 Å². The molecule has 3 rings (SSSR count). The van der Waals surface area contributed by atoms with E-state index in [1.54, 1.807) is 11.3 Å². The lowest BCUT2D eigenvalue weighted by atomic mass is 10.0. The molecule has 2 amide bonds. The number of benzene rings is 1. The molecule has 0 saturated carbocycles. The fourth-order valence-electron chi connectivity index (χ4n) is 2.99. The Hall–Kier alpha value is -2.08. The molecule has 0 bridgehead atoms. The summed E-state index contributed by atoms with van der Waals surface area (Å²) < 4.78 is 0. The number of likely N-dealkylation sites (tertiary alicyclic amines) is 1. The Bertz CT molecular complexity index is 692. The number of nitrogens with one attached hydrogen (secondary N) is 2. The Balaban J connectivity index is 1.58. The molecule has 0 spiro atoms. The van der Waals surface area contributed by atoms with Crippen molar-refractivity contribution in [2.75, 3.05) is 25.0 Å². The number of urea groups is 1. The van der Waals surface area contributed by atoms with Gasteiger partial charge in [0.05, 0.1) is 10.7 Å². The number of piperidine rings is 1. The molecular weight excluding hydrogens is 320 g/mol. The Morgan fingerprint density at radius 2 is 2.17 bits per heavy atom. The predicted octanol–water partition coefficient (Wildman–Crippen LogP) is 3.72. The number of rotatable bonds is 4. The number of nitrogens with zero attached hydrogens (tertiary/aromatic N) is 2. The highest BCUT2D eigenvalue weighted by Gasteiger charge is 2.22. The second-order valence-corrected chi connectivity index (χ2v) is 7.14. The summed E-state index contributed by atoms with van der Waals surface area (Å²) in [6.07, 6.45) is 1.94. The van der Waals surface area contributed by atoms with Gasteiger partial charge in [-0.25, -0.2) is 9.78 Å². The van der Waals surface area contributed by atoms with Crippen molar-refractivity contribution in [3.8, 4) is 11.3 Å². The summed E-state index contributed by atoms with van der Waals surface area (Å²) in [5.74, 6) is 0. The third-order valence-corrected chi connectivity index (χ3v) is 5.03. The van der Waals surface area contributed by atoms with Gasteiger partial charge in [0.15, 0.2) is 0 Å². The SMILES string of the molecule is CCNC(=O)N1CCC(Nc2cccc(-c3csc(C)n3)c2)CC1. The van der Waals surface area contributed by atoms with Crippen LogP contribution in [0.15, 0.2) is 29.6 Å². The molecule has 2 N–H and O–H groups in total. The maximum atomic E-state index is 11.9. The lowest BCUT2D eigenvalue weighted by Crippen LogP contribution is -2.46. The van der Waals surface area contributed by atoms with Gasteiger partial charge in [0, 0.05) is 42.3 Å². The van der Waals surface area contributed by atoms with Crippen LogP contribution >= 0.6 is 11.3 Å². The van der Waals surface area contributed by atoms with E-state index >= 15 is 0 Å². The topological polar surface area (TPSA) is 57.3 Å². The summed E-state index contributed by atoms with van der Waals surface area (Å²) >= 11 is 1.67. The van der Waals surface area contributed by atoms with E-state index in [4.69, 9.17) is 0 Å². The number of thiazole rings is 1. The number of hydrogen-bond donors (Lipinski definition) is 2. The summed E-state index contributed by atoms with van der Waals surface area (Å²) in [6, 6.07) is 8.87. The lowest BCUT2D eigenvalue weighted by Gasteiger charge is -2.32. The van der Waals surface area contributed by atoms with E-state index in [1.807, 2.05) is 18.7 Å². The zero-order valence-corrected chi connectivity index (χ0v) is 15.0. The number of anilines is 1. The smallest absolute Gasteiger partial charge is 0.317 e. The molecule has 128 valence electrons. The number of carbonyl (C=O) groups is 1. The molecule has 0 unspecified atom stereocenters. The molecule has 2 heterocycles. The van der Waals surface area contributed by atoms with Gasteiger partial charge in [-0.05, 0) is 38.8 Å². The normalized spacial score (nSPS) is 15.3. The number of aromatic nitrogens is 1. The van der Waals surface area contributed by atoms with E-state index in [0.717, 1.165) is 47.9 Å². The second kappa shape index (κ2) is 7.66. The summed E-state index contributed by atoms with van der Waals surface area (Å²) in [4.78, 5) is 18.3. The Labute approximate surface area is 147 Å². The molecule has 24 heavy (non-hydrogen) atoms. The zero-order valence-electron chi connectivity index (χ0n) is 14.2. The highest BCUT2D eigenvalue weighted by Crippen LogP contribution is 2.25. The minimum absolute atomic E-state index is 0.0526. The number of hydrogen-bond acceptors (Lipinski definition) is 4. The maximum Gasteiger partial charge on any atom is 0.317 e. The standard InChI is InChI=1S/C18H24N4OS/c1-3-19-18(23)22-9-7-15(8-10-22)21-16-6-4-5-14(11-16)17-12-24-13(2)20-17/h4-6,11-12,15,21H,3,7-10H2,1-2H3,(H,19,23). The molecule has 1 aromatic carbocycles. The van der Waals surface area contributed by atoms with Crippen LogP contribution in [0, 0.1) is 6.92 Å². The molecule has 0 radical (unpaired) electrons. The molecule has 0 atom stereocenters. The van der Waals surface area contributed by atoms with Crippen LogP contribution in [0.2, 0.25) is 0 Å². The van der Waals surface area contributed by atoms with Crippen LogP contribution in [0.1, 0.15) is 24.8 Å².